The highest BCUT2D eigenvalue weighted by atomic mass is 16.3. The number of benzene rings is 12. The van der Waals surface area contributed by atoms with Crippen LogP contribution < -0.4 is 4.90 Å². The van der Waals surface area contributed by atoms with Crippen LogP contribution in [-0.4, -0.2) is 0 Å². The fraction of sp³-hybridized carbons (Fsp3) is 0. The Hall–Kier alpha value is -8.46. The molecule has 0 N–H and O–H groups in total. The molecule has 13 rings (SSSR count). The van der Waals surface area contributed by atoms with E-state index in [1.807, 2.05) is 0 Å². The number of rotatable bonds is 6. The molecule has 0 aliphatic rings. The van der Waals surface area contributed by atoms with Crippen molar-refractivity contribution in [2.24, 2.45) is 0 Å². The van der Waals surface area contributed by atoms with E-state index in [-0.39, 0.29) is 0 Å². The van der Waals surface area contributed by atoms with Crippen LogP contribution in [0.3, 0.4) is 0 Å². The van der Waals surface area contributed by atoms with E-state index in [0.29, 0.717) is 0 Å². The van der Waals surface area contributed by atoms with Gasteiger partial charge in [-0.15, -0.1) is 0 Å². The van der Waals surface area contributed by atoms with Crippen LogP contribution in [0.5, 0.6) is 0 Å². The third-order valence-corrected chi connectivity index (χ3v) is 13.2. The molecular weight excluding hydrogens is 775 g/mol. The summed E-state index contributed by atoms with van der Waals surface area (Å²) < 4.78 is 6.80. The van der Waals surface area contributed by atoms with Crippen molar-refractivity contribution in [2.75, 3.05) is 4.90 Å². The number of hydrogen-bond donors (Lipinski definition) is 0. The second kappa shape index (κ2) is 14.6. The molecule has 0 saturated carbocycles. The number of anilines is 3. The van der Waals surface area contributed by atoms with Crippen molar-refractivity contribution in [3.05, 3.63) is 237 Å². The maximum absolute atomic E-state index is 6.80. The van der Waals surface area contributed by atoms with Gasteiger partial charge in [-0.25, -0.2) is 0 Å². The molecule has 2 heteroatoms. The summed E-state index contributed by atoms with van der Waals surface area (Å²) in [4.78, 5) is 2.42. The lowest BCUT2D eigenvalue weighted by Gasteiger charge is -2.27. The first kappa shape index (κ1) is 36.2. The lowest BCUT2D eigenvalue weighted by Crippen LogP contribution is -2.10. The van der Waals surface area contributed by atoms with Crippen LogP contribution >= 0.6 is 0 Å². The second-order valence-electron chi connectivity index (χ2n) is 16.7. The predicted molar refractivity (Wildman–Crippen MR) is 272 cm³/mol. The molecule has 1 heterocycles. The molecule has 2 nitrogen and oxygen atoms in total. The van der Waals surface area contributed by atoms with Crippen LogP contribution in [-0.2, 0) is 0 Å². The zero-order chi connectivity index (χ0) is 42.1. The number of nitrogens with zero attached hydrogens (tertiary/aromatic N) is 1. The van der Waals surface area contributed by atoms with Gasteiger partial charge in [0.2, 0.25) is 0 Å². The maximum atomic E-state index is 6.80. The van der Waals surface area contributed by atoms with E-state index in [9.17, 15) is 0 Å². The van der Waals surface area contributed by atoms with E-state index in [0.717, 1.165) is 55.3 Å². The molecule has 1 aromatic heterocycles. The van der Waals surface area contributed by atoms with Crippen molar-refractivity contribution >= 4 is 92.9 Å². The Morgan fingerprint density at radius 2 is 0.859 bits per heavy atom. The molecule has 0 bridgehead atoms. The largest absolute Gasteiger partial charge is 0.455 e. The Kier molecular flexibility index (Phi) is 8.25. The SMILES string of the molecule is c1ccc(-c2c(-c3cccc(N(c4ccc(-c5cc6ccccc6c6ccccc56)cc4)c4cccc5oc6c7ccccc7ccc6c45)c3)c3ccccc3c3ccccc23)cc1. The third-order valence-electron chi connectivity index (χ3n) is 13.2. The van der Waals surface area contributed by atoms with Crippen molar-refractivity contribution < 1.29 is 4.42 Å². The zero-order valence-electron chi connectivity index (χ0n) is 34.9. The Morgan fingerprint density at radius 1 is 0.297 bits per heavy atom. The summed E-state index contributed by atoms with van der Waals surface area (Å²) in [7, 11) is 0. The summed E-state index contributed by atoms with van der Waals surface area (Å²) in [5, 5.41) is 14.4. The fourth-order valence-electron chi connectivity index (χ4n) is 10.4. The number of furan rings is 1. The first-order chi connectivity index (χ1) is 31.8. The molecule has 0 aliphatic heterocycles. The lowest BCUT2D eigenvalue weighted by atomic mass is 9.85. The Labute approximate surface area is 370 Å². The Bertz CT molecular complexity index is 3960. The molecule has 0 saturated heterocycles. The topological polar surface area (TPSA) is 16.4 Å². The van der Waals surface area contributed by atoms with Gasteiger partial charge >= 0.3 is 0 Å². The summed E-state index contributed by atoms with van der Waals surface area (Å²) in [6.45, 7) is 0. The fourth-order valence-corrected chi connectivity index (χ4v) is 10.4. The molecular formula is C62H39NO. The van der Waals surface area contributed by atoms with Crippen molar-refractivity contribution in [3.8, 4) is 33.4 Å². The van der Waals surface area contributed by atoms with E-state index < -0.39 is 0 Å². The first-order valence-corrected chi connectivity index (χ1v) is 22.0. The number of hydrogen-bond acceptors (Lipinski definition) is 2. The Morgan fingerprint density at radius 3 is 1.59 bits per heavy atom. The van der Waals surface area contributed by atoms with Gasteiger partial charge in [-0.05, 0) is 130 Å². The molecule has 13 aromatic rings. The van der Waals surface area contributed by atoms with Gasteiger partial charge in [0.25, 0.3) is 0 Å². The van der Waals surface area contributed by atoms with Gasteiger partial charge in [0.15, 0.2) is 0 Å². The van der Waals surface area contributed by atoms with Crippen molar-refractivity contribution in [1.82, 2.24) is 0 Å². The quantitative estimate of drug-likeness (QED) is 0.156. The van der Waals surface area contributed by atoms with E-state index in [2.05, 4.69) is 241 Å². The van der Waals surface area contributed by atoms with Crippen molar-refractivity contribution in [2.45, 2.75) is 0 Å². The molecule has 0 atom stereocenters. The van der Waals surface area contributed by atoms with Crippen LogP contribution in [0.2, 0.25) is 0 Å². The van der Waals surface area contributed by atoms with Gasteiger partial charge in [-0.1, -0.05) is 188 Å². The molecule has 0 unspecified atom stereocenters. The monoisotopic (exact) mass is 813 g/mol. The van der Waals surface area contributed by atoms with Gasteiger partial charge in [0.05, 0.1) is 11.1 Å². The van der Waals surface area contributed by atoms with Gasteiger partial charge in [0.1, 0.15) is 11.2 Å². The standard InChI is InChI=1S/C62H39NO/c1-2-17-42(18-3-1)59-53-28-12-10-25-50(53)51-26-11-13-29-54(51)60(59)44-20-14-21-46(38-44)63(57-30-15-31-58-61(57)55-37-34-40-16-4-7-23-48(40)62(55)64-58)45-35-32-41(33-36-45)56-39-43-19-5-6-22-47(43)49-24-8-9-27-52(49)56/h1-39H. The van der Waals surface area contributed by atoms with Gasteiger partial charge < -0.3 is 9.32 Å². The van der Waals surface area contributed by atoms with E-state index in [1.165, 1.54) is 70.9 Å². The Balaban J connectivity index is 1.06. The van der Waals surface area contributed by atoms with Gasteiger partial charge in [-0.3, -0.25) is 0 Å². The molecule has 0 radical (unpaired) electrons. The molecule has 12 aromatic carbocycles. The van der Waals surface area contributed by atoms with Crippen LogP contribution in [0.25, 0.3) is 109 Å². The minimum atomic E-state index is 0.858. The average Bonchev–Trinajstić information content (AvgIpc) is 3.77. The lowest BCUT2D eigenvalue weighted by molar-refractivity contribution is 0.672. The van der Waals surface area contributed by atoms with Crippen LogP contribution in [0.15, 0.2) is 241 Å². The summed E-state index contributed by atoms with van der Waals surface area (Å²) in [5.41, 5.74) is 12.1. The van der Waals surface area contributed by atoms with Crippen LogP contribution in [0.1, 0.15) is 0 Å². The predicted octanol–water partition coefficient (Wildman–Crippen LogP) is 17.8. The molecule has 0 amide bonds. The van der Waals surface area contributed by atoms with Crippen molar-refractivity contribution in [1.29, 1.82) is 0 Å². The number of fused-ring (bicyclic) bond motifs is 11. The second-order valence-corrected chi connectivity index (χ2v) is 16.7. The van der Waals surface area contributed by atoms with Crippen LogP contribution in [0, 0.1) is 0 Å². The third kappa shape index (κ3) is 5.66. The molecule has 0 fully saturated rings. The zero-order valence-corrected chi connectivity index (χ0v) is 34.9. The van der Waals surface area contributed by atoms with Crippen LogP contribution in [0.4, 0.5) is 17.1 Å². The minimum absolute atomic E-state index is 0.858. The summed E-state index contributed by atoms with van der Waals surface area (Å²) in [6.07, 6.45) is 0. The normalized spacial score (nSPS) is 11.8. The van der Waals surface area contributed by atoms with Crippen molar-refractivity contribution in [3.63, 3.8) is 0 Å². The summed E-state index contributed by atoms with van der Waals surface area (Å²) in [5.74, 6) is 0. The smallest absolute Gasteiger partial charge is 0.143 e. The average molecular weight is 814 g/mol. The van der Waals surface area contributed by atoms with Gasteiger partial charge in [-0.2, -0.15) is 0 Å². The first-order valence-electron chi connectivity index (χ1n) is 22.0. The maximum Gasteiger partial charge on any atom is 0.143 e. The van der Waals surface area contributed by atoms with E-state index in [1.54, 1.807) is 0 Å². The summed E-state index contributed by atoms with van der Waals surface area (Å²) in [6, 6.07) is 86.0. The molecule has 0 aliphatic carbocycles. The highest BCUT2D eigenvalue weighted by Crippen LogP contribution is 2.48. The highest BCUT2D eigenvalue weighted by Gasteiger charge is 2.23. The highest BCUT2D eigenvalue weighted by molar-refractivity contribution is 6.23. The molecule has 298 valence electrons. The molecule has 64 heavy (non-hydrogen) atoms. The molecule has 0 spiro atoms. The van der Waals surface area contributed by atoms with Gasteiger partial charge in [0, 0.05) is 22.1 Å². The summed E-state index contributed by atoms with van der Waals surface area (Å²) >= 11 is 0. The van der Waals surface area contributed by atoms with E-state index in [4.69, 9.17) is 4.42 Å². The van der Waals surface area contributed by atoms with E-state index >= 15 is 0 Å². The minimum Gasteiger partial charge on any atom is -0.455 e.